The molecule has 1 aliphatic carbocycles. The zero-order chi connectivity index (χ0) is 25.9. The number of carbonyl (C=O) groups is 1. The third-order valence-corrected chi connectivity index (χ3v) is 7.50. The van der Waals surface area contributed by atoms with Gasteiger partial charge in [0.05, 0.1) is 42.8 Å². The molecule has 0 bridgehead atoms. The number of phenols is 1. The highest BCUT2D eigenvalue weighted by Gasteiger charge is 2.32. The number of fused-ring (bicyclic) bond motifs is 1. The van der Waals surface area contributed by atoms with Gasteiger partial charge in [-0.25, -0.2) is 0 Å². The highest BCUT2D eigenvalue weighted by Crippen LogP contribution is 2.38. The summed E-state index contributed by atoms with van der Waals surface area (Å²) in [5, 5.41) is 15.0. The van der Waals surface area contributed by atoms with E-state index in [1.807, 2.05) is 65.4 Å². The molecular formula is C29H30IN5O2-. The predicted octanol–water partition coefficient (Wildman–Crippen LogP) is 2.00. The van der Waals surface area contributed by atoms with Crippen molar-refractivity contribution in [3.63, 3.8) is 0 Å². The number of alkyl halides is 1. The number of anilines is 1. The number of aryl methyl sites for hydroxylation is 1. The van der Waals surface area contributed by atoms with Crippen LogP contribution in [-0.4, -0.2) is 30.8 Å². The van der Waals surface area contributed by atoms with Gasteiger partial charge in [-0.2, -0.15) is 5.10 Å². The van der Waals surface area contributed by atoms with Crippen molar-refractivity contribution in [2.45, 2.75) is 56.0 Å². The van der Waals surface area contributed by atoms with Crippen LogP contribution >= 0.6 is 0 Å². The topological polar surface area (TPSA) is 84.1 Å². The van der Waals surface area contributed by atoms with Crippen LogP contribution in [0.4, 0.5) is 5.69 Å². The zero-order valence-electron chi connectivity index (χ0n) is 21.0. The number of carbonyl (C=O) groups excluding carboxylic acids is 1. The average Bonchev–Trinajstić information content (AvgIpc) is 3.33. The molecule has 37 heavy (non-hydrogen) atoms. The summed E-state index contributed by atoms with van der Waals surface area (Å²) in [5.74, 6) is -0.0306. The number of pyridine rings is 2. The third-order valence-electron chi connectivity index (χ3n) is 6.86. The van der Waals surface area contributed by atoms with Crippen LogP contribution in [0.2, 0.25) is 0 Å². The highest BCUT2D eigenvalue weighted by atomic mass is 127. The van der Waals surface area contributed by atoms with E-state index in [2.05, 4.69) is 50.6 Å². The lowest BCUT2D eigenvalue weighted by molar-refractivity contribution is -0.421. The van der Waals surface area contributed by atoms with Crippen LogP contribution in [0, 0.1) is 6.92 Å². The Labute approximate surface area is 230 Å². The number of benzene rings is 1. The maximum atomic E-state index is 14.1. The second kappa shape index (κ2) is 11.0. The molecule has 1 amide bonds. The Morgan fingerprint density at radius 2 is 2.08 bits per heavy atom. The van der Waals surface area contributed by atoms with Gasteiger partial charge in [0.2, 0.25) is 5.91 Å². The monoisotopic (exact) mass is 607 g/mol. The van der Waals surface area contributed by atoms with E-state index in [1.165, 1.54) is 0 Å². The lowest BCUT2D eigenvalue weighted by Crippen LogP contribution is -3.35. The minimum absolute atomic E-state index is 0.0109. The van der Waals surface area contributed by atoms with Crippen LogP contribution in [0.15, 0.2) is 67.3 Å². The Balaban J connectivity index is 1.44. The Morgan fingerprint density at radius 3 is 2.84 bits per heavy atom. The molecule has 7 nitrogen and oxygen atoms in total. The van der Waals surface area contributed by atoms with E-state index in [0.717, 1.165) is 58.6 Å². The minimum atomic E-state index is -0.314. The summed E-state index contributed by atoms with van der Waals surface area (Å²) in [7, 11) is 0. The van der Waals surface area contributed by atoms with Gasteiger partial charge < -0.3 is 32.6 Å². The number of rotatable bonds is 7. The first-order chi connectivity index (χ1) is 17.9. The molecule has 191 valence electrons. The van der Waals surface area contributed by atoms with Crippen LogP contribution in [0.5, 0.6) is 5.75 Å². The van der Waals surface area contributed by atoms with Crippen LogP contribution in [0.25, 0.3) is 0 Å². The van der Waals surface area contributed by atoms with E-state index in [9.17, 15) is 9.90 Å². The van der Waals surface area contributed by atoms with Gasteiger partial charge in [-0.15, -0.1) is 3.92 Å². The Bertz CT molecular complexity index is 1400. The van der Waals surface area contributed by atoms with E-state index in [1.54, 1.807) is 12.3 Å². The SMILES string of the molecule is Cc1ccnc(Cn2cc(CN(C(=O)C3CCCc4c(O)cccc43)c3ccc(C(C)[I-])nc3)cn2)c1. The quantitative estimate of drug-likeness (QED) is 0.257. The summed E-state index contributed by atoms with van der Waals surface area (Å²) in [6, 6.07) is 13.5. The van der Waals surface area contributed by atoms with Gasteiger partial charge in [0.15, 0.2) is 0 Å². The van der Waals surface area contributed by atoms with Crippen molar-refractivity contribution >= 4 is 11.6 Å². The van der Waals surface area contributed by atoms with Gasteiger partial charge in [-0.05, 0) is 73.2 Å². The first-order valence-corrected chi connectivity index (χ1v) is 13.8. The molecule has 2 unspecified atom stereocenters. The summed E-state index contributed by atoms with van der Waals surface area (Å²) in [4.78, 5) is 25.0. The first kappa shape index (κ1) is 25.4. The number of phenolic OH excluding ortho intramolecular Hbond substituents is 1. The molecule has 0 saturated heterocycles. The minimum Gasteiger partial charge on any atom is -0.787 e. The maximum absolute atomic E-state index is 14.1. The second-order valence-corrected chi connectivity index (χ2v) is 11.5. The number of hydrogen-bond acceptors (Lipinski definition) is 5. The molecule has 2 atom stereocenters. The Hall–Kier alpha value is -3.27. The van der Waals surface area contributed by atoms with E-state index >= 15 is 0 Å². The van der Waals surface area contributed by atoms with E-state index in [0.29, 0.717) is 13.1 Å². The van der Waals surface area contributed by atoms with Crippen molar-refractivity contribution in [3.05, 3.63) is 101 Å². The van der Waals surface area contributed by atoms with E-state index in [-0.39, 0.29) is 21.5 Å². The summed E-state index contributed by atoms with van der Waals surface area (Å²) >= 11 is 2.34. The van der Waals surface area contributed by atoms with Crippen LogP contribution < -0.4 is 27.5 Å². The van der Waals surface area contributed by atoms with Crippen molar-refractivity contribution in [3.8, 4) is 5.75 Å². The summed E-state index contributed by atoms with van der Waals surface area (Å²) in [6.45, 7) is 5.08. The lowest BCUT2D eigenvalue weighted by atomic mass is 9.81. The molecule has 1 N–H and O–H groups in total. The van der Waals surface area contributed by atoms with Gasteiger partial charge in [-0.1, -0.05) is 19.1 Å². The van der Waals surface area contributed by atoms with Crippen molar-refractivity contribution in [1.29, 1.82) is 0 Å². The normalized spacial score (nSPS) is 15.7. The van der Waals surface area contributed by atoms with Crippen LogP contribution in [0.3, 0.4) is 0 Å². The molecule has 0 aliphatic heterocycles. The van der Waals surface area contributed by atoms with Crippen LogP contribution in [-0.2, 0) is 24.3 Å². The number of amides is 1. The molecular weight excluding hydrogens is 577 g/mol. The van der Waals surface area contributed by atoms with Crippen molar-refractivity contribution in [1.82, 2.24) is 19.7 Å². The van der Waals surface area contributed by atoms with Gasteiger partial charge in [0, 0.05) is 23.7 Å². The van der Waals surface area contributed by atoms with Gasteiger partial charge in [-0.3, -0.25) is 19.4 Å². The fourth-order valence-corrected chi connectivity index (χ4v) is 5.34. The fraction of sp³-hybridized carbons (Fsp3) is 0.310. The van der Waals surface area contributed by atoms with Crippen LogP contribution in [0.1, 0.15) is 63.2 Å². The number of halogens is 1. The largest absolute Gasteiger partial charge is 0.787 e. The smallest absolute Gasteiger partial charge is 0.234 e. The summed E-state index contributed by atoms with van der Waals surface area (Å²) < 4.78 is 2.13. The zero-order valence-corrected chi connectivity index (χ0v) is 23.2. The maximum Gasteiger partial charge on any atom is 0.234 e. The summed E-state index contributed by atoms with van der Waals surface area (Å²) in [6.07, 6.45) is 9.78. The molecule has 8 heteroatoms. The first-order valence-electron chi connectivity index (χ1n) is 12.5. The molecule has 3 heterocycles. The Morgan fingerprint density at radius 1 is 1.22 bits per heavy atom. The van der Waals surface area contributed by atoms with E-state index in [4.69, 9.17) is 0 Å². The molecule has 5 rings (SSSR count). The van der Waals surface area contributed by atoms with Crippen molar-refractivity contribution in [2.75, 3.05) is 4.90 Å². The second-order valence-electron chi connectivity index (χ2n) is 9.64. The van der Waals surface area contributed by atoms with Gasteiger partial charge in [0.25, 0.3) is 0 Å². The average molecular weight is 607 g/mol. The third kappa shape index (κ3) is 5.69. The number of hydrogen-bond donors (Lipinski definition) is 1. The van der Waals surface area contributed by atoms with Crippen molar-refractivity contribution in [2.24, 2.45) is 0 Å². The number of aromatic nitrogens is 4. The number of nitrogens with zero attached hydrogens (tertiary/aromatic N) is 5. The standard InChI is InChI=1S/C29H30IN5O2/c1-19-11-12-31-22(13-19)18-34-16-21(14-33-34)17-35(23-9-10-27(20(2)30)32-15-23)29(37)26-7-3-6-25-24(26)5-4-8-28(25)36/h4-5,8-16,20,26,36H,3,6-7,17-18H2,1-2H3/q-1. The Kier molecular flexibility index (Phi) is 7.55. The lowest BCUT2D eigenvalue weighted by Gasteiger charge is -2.31. The highest BCUT2D eigenvalue weighted by molar-refractivity contribution is 5.98. The predicted molar refractivity (Wildman–Crippen MR) is 138 cm³/mol. The van der Waals surface area contributed by atoms with Crippen molar-refractivity contribution < 1.29 is 32.5 Å². The molecule has 4 aromatic rings. The summed E-state index contributed by atoms with van der Waals surface area (Å²) in [5.41, 5.74) is 6.57. The van der Waals surface area contributed by atoms with Gasteiger partial charge in [0.1, 0.15) is 5.75 Å². The molecule has 1 aromatic carbocycles. The van der Waals surface area contributed by atoms with Gasteiger partial charge >= 0.3 is 0 Å². The molecule has 3 aromatic heterocycles. The molecule has 0 spiro atoms. The molecule has 0 saturated carbocycles. The molecule has 1 radical (unpaired) electrons. The number of aromatic hydroxyl groups is 1. The molecule has 0 fully saturated rings. The fourth-order valence-electron chi connectivity index (χ4n) is 4.97. The molecule has 1 aliphatic rings. The van der Waals surface area contributed by atoms with E-state index < -0.39 is 0 Å².